The summed E-state index contributed by atoms with van der Waals surface area (Å²) < 4.78 is 1.43. The maximum Gasteiger partial charge on any atom is 0.280 e. The third-order valence-corrected chi connectivity index (χ3v) is 3.67. The van der Waals surface area contributed by atoms with Crippen molar-refractivity contribution in [3.63, 3.8) is 0 Å². The first-order valence-corrected chi connectivity index (χ1v) is 7.33. The zero-order chi connectivity index (χ0) is 16.4. The zero-order valence-corrected chi connectivity index (χ0v) is 13.1. The molecule has 0 saturated heterocycles. The summed E-state index contributed by atoms with van der Waals surface area (Å²) >= 11 is 5.87. The van der Waals surface area contributed by atoms with Crippen LogP contribution in [0.5, 0.6) is 5.75 Å². The van der Waals surface area contributed by atoms with Crippen LogP contribution in [0.25, 0.3) is 5.69 Å². The fourth-order valence-corrected chi connectivity index (χ4v) is 2.32. The number of aromatic hydroxyl groups is 1. The van der Waals surface area contributed by atoms with E-state index in [-0.39, 0.29) is 11.3 Å². The van der Waals surface area contributed by atoms with Crippen molar-refractivity contribution in [2.45, 2.75) is 6.92 Å². The second kappa shape index (κ2) is 6.14. The van der Waals surface area contributed by atoms with E-state index < -0.39 is 0 Å². The molecule has 0 fully saturated rings. The smallest absolute Gasteiger partial charge is 0.280 e. The third kappa shape index (κ3) is 3.05. The number of phenolic OH excluding ortho intramolecular Hbond substituents is 1. The summed E-state index contributed by atoms with van der Waals surface area (Å²) in [6.07, 6.45) is 1.45. The summed E-state index contributed by atoms with van der Waals surface area (Å²) in [4.78, 5) is 16.7. The fraction of sp³-hybridized carbons (Fsp3) is 0.0588. The summed E-state index contributed by atoms with van der Waals surface area (Å²) in [5.74, 6) is 0.0648. The molecule has 0 bridgehead atoms. The Morgan fingerprint density at radius 2 is 1.87 bits per heavy atom. The highest BCUT2D eigenvalue weighted by molar-refractivity contribution is 6.30. The van der Waals surface area contributed by atoms with E-state index in [1.54, 1.807) is 55.5 Å². The van der Waals surface area contributed by atoms with Gasteiger partial charge in [-0.05, 0) is 43.3 Å². The average Bonchev–Trinajstić information content (AvgIpc) is 2.82. The van der Waals surface area contributed by atoms with E-state index in [0.717, 1.165) is 0 Å². The molecule has 116 valence electrons. The van der Waals surface area contributed by atoms with Crippen LogP contribution in [0.4, 0.5) is 5.69 Å². The van der Waals surface area contributed by atoms with Crippen LogP contribution in [0.3, 0.4) is 0 Å². The van der Waals surface area contributed by atoms with E-state index >= 15 is 0 Å². The Kier molecular flexibility index (Phi) is 4.04. The number of hydrogen-bond acceptors (Lipinski definition) is 3. The van der Waals surface area contributed by atoms with Crippen LogP contribution in [0.15, 0.2) is 58.3 Å². The van der Waals surface area contributed by atoms with E-state index in [2.05, 4.69) is 10.1 Å². The van der Waals surface area contributed by atoms with Gasteiger partial charge in [0.05, 0.1) is 11.3 Å². The molecule has 0 saturated carbocycles. The van der Waals surface area contributed by atoms with Gasteiger partial charge in [-0.1, -0.05) is 23.7 Å². The molecule has 0 aliphatic carbocycles. The number of aromatic amines is 1. The number of aliphatic imine (C=N–C) groups is 1. The third-order valence-electron chi connectivity index (χ3n) is 3.42. The molecule has 5 nitrogen and oxygen atoms in total. The minimum Gasteiger partial charge on any atom is -0.506 e. The van der Waals surface area contributed by atoms with Crippen LogP contribution >= 0.6 is 11.6 Å². The molecule has 0 aliphatic heterocycles. The second-order valence-corrected chi connectivity index (χ2v) is 5.45. The Morgan fingerprint density at radius 1 is 1.17 bits per heavy atom. The first-order valence-electron chi connectivity index (χ1n) is 6.96. The minimum atomic E-state index is -0.219. The number of hydrogen-bond donors (Lipinski definition) is 2. The molecule has 3 rings (SSSR count). The number of phenols is 1. The predicted molar refractivity (Wildman–Crippen MR) is 91.5 cm³/mol. The van der Waals surface area contributed by atoms with E-state index in [1.807, 2.05) is 0 Å². The molecule has 2 aromatic carbocycles. The summed E-state index contributed by atoms with van der Waals surface area (Å²) in [7, 11) is 0. The van der Waals surface area contributed by atoms with Crippen molar-refractivity contribution < 1.29 is 5.11 Å². The van der Waals surface area contributed by atoms with Crippen LogP contribution in [-0.4, -0.2) is 21.1 Å². The summed E-state index contributed by atoms with van der Waals surface area (Å²) in [6, 6.07) is 13.6. The van der Waals surface area contributed by atoms with E-state index in [4.69, 9.17) is 11.6 Å². The number of para-hydroxylation sites is 2. The molecular weight excluding hydrogens is 314 g/mol. The topological polar surface area (TPSA) is 70.4 Å². The SMILES string of the molecule is Cc1[nH]n(-c2ccc(Cl)cc2)c(=O)c1C=Nc1ccccc1O. The molecule has 0 spiro atoms. The molecule has 1 heterocycles. The first kappa shape index (κ1) is 15.1. The molecule has 2 N–H and O–H groups in total. The van der Waals surface area contributed by atoms with Crippen LogP contribution in [-0.2, 0) is 0 Å². The van der Waals surface area contributed by atoms with Gasteiger partial charge in [0.25, 0.3) is 5.56 Å². The Morgan fingerprint density at radius 3 is 2.57 bits per heavy atom. The van der Waals surface area contributed by atoms with Gasteiger partial charge in [0.15, 0.2) is 0 Å². The highest BCUT2D eigenvalue weighted by atomic mass is 35.5. The summed E-state index contributed by atoms with van der Waals surface area (Å²) in [5.41, 5.74) is 1.99. The Bertz CT molecular complexity index is 924. The van der Waals surface area contributed by atoms with Gasteiger partial charge in [0.1, 0.15) is 11.4 Å². The Hall–Kier alpha value is -2.79. The van der Waals surface area contributed by atoms with Gasteiger partial charge in [-0.3, -0.25) is 14.9 Å². The molecule has 0 amide bonds. The molecule has 3 aromatic rings. The molecule has 0 radical (unpaired) electrons. The lowest BCUT2D eigenvalue weighted by Gasteiger charge is -2.00. The van der Waals surface area contributed by atoms with Gasteiger partial charge >= 0.3 is 0 Å². The van der Waals surface area contributed by atoms with Crippen molar-refractivity contribution in [2.75, 3.05) is 0 Å². The lowest BCUT2D eigenvalue weighted by atomic mass is 10.2. The molecule has 23 heavy (non-hydrogen) atoms. The van der Waals surface area contributed by atoms with E-state index in [0.29, 0.717) is 27.7 Å². The van der Waals surface area contributed by atoms with E-state index in [1.165, 1.54) is 10.9 Å². The second-order valence-electron chi connectivity index (χ2n) is 5.01. The quantitative estimate of drug-likeness (QED) is 0.722. The fourth-order valence-electron chi connectivity index (χ4n) is 2.19. The normalized spacial score (nSPS) is 11.2. The monoisotopic (exact) mass is 327 g/mol. The van der Waals surface area contributed by atoms with Gasteiger partial charge in [0.2, 0.25) is 0 Å². The van der Waals surface area contributed by atoms with Crippen molar-refractivity contribution >= 4 is 23.5 Å². The number of rotatable bonds is 3. The summed E-state index contributed by atoms with van der Waals surface area (Å²) in [5, 5.41) is 13.3. The molecule has 0 unspecified atom stereocenters. The van der Waals surface area contributed by atoms with Crippen molar-refractivity contribution in [3.8, 4) is 11.4 Å². The maximum atomic E-state index is 12.5. The van der Waals surface area contributed by atoms with E-state index in [9.17, 15) is 9.90 Å². The van der Waals surface area contributed by atoms with Crippen molar-refractivity contribution in [3.05, 3.63) is 75.2 Å². The number of H-pyrrole nitrogens is 1. The van der Waals surface area contributed by atoms with Gasteiger partial charge in [0, 0.05) is 16.9 Å². The molecular formula is C17H14ClN3O2. The number of halogens is 1. The van der Waals surface area contributed by atoms with Crippen LogP contribution in [0.1, 0.15) is 11.3 Å². The standard InChI is InChI=1S/C17H14ClN3O2/c1-11-14(10-19-15-4-2-3-5-16(15)22)17(23)21(20-11)13-8-6-12(18)7-9-13/h2-10,20,22H,1H3. The molecule has 0 atom stereocenters. The zero-order valence-electron chi connectivity index (χ0n) is 12.3. The highest BCUT2D eigenvalue weighted by Crippen LogP contribution is 2.24. The van der Waals surface area contributed by atoms with Crippen molar-refractivity contribution in [1.29, 1.82) is 0 Å². The van der Waals surface area contributed by atoms with Crippen LogP contribution in [0, 0.1) is 6.92 Å². The predicted octanol–water partition coefficient (Wildman–Crippen LogP) is 3.58. The van der Waals surface area contributed by atoms with Gasteiger partial charge in [-0.15, -0.1) is 0 Å². The van der Waals surface area contributed by atoms with Crippen molar-refractivity contribution in [2.24, 2.45) is 4.99 Å². The lowest BCUT2D eigenvalue weighted by molar-refractivity contribution is 0.477. The first-order chi connectivity index (χ1) is 11.1. The number of nitrogens with one attached hydrogen (secondary N) is 1. The maximum absolute atomic E-state index is 12.5. The van der Waals surface area contributed by atoms with Crippen LogP contribution in [0.2, 0.25) is 5.02 Å². The van der Waals surface area contributed by atoms with Gasteiger partial charge < -0.3 is 5.11 Å². The number of nitrogens with zero attached hydrogens (tertiary/aromatic N) is 2. The average molecular weight is 328 g/mol. The lowest BCUT2D eigenvalue weighted by Crippen LogP contribution is -2.17. The largest absolute Gasteiger partial charge is 0.506 e. The van der Waals surface area contributed by atoms with Crippen LogP contribution < -0.4 is 5.56 Å². The molecule has 0 aliphatic rings. The highest BCUT2D eigenvalue weighted by Gasteiger charge is 2.10. The van der Waals surface area contributed by atoms with Gasteiger partial charge in [-0.2, -0.15) is 0 Å². The number of benzene rings is 2. The Labute approximate surface area is 137 Å². The minimum absolute atomic E-state index is 0.0648. The summed E-state index contributed by atoms with van der Waals surface area (Å²) in [6.45, 7) is 1.79. The number of aromatic nitrogens is 2. The van der Waals surface area contributed by atoms with Crippen molar-refractivity contribution in [1.82, 2.24) is 9.78 Å². The molecule has 6 heteroatoms. The number of aryl methyl sites for hydroxylation is 1. The van der Waals surface area contributed by atoms with Gasteiger partial charge in [-0.25, -0.2) is 4.68 Å². The Balaban J connectivity index is 2.00. The molecule has 1 aromatic heterocycles.